The zero-order valence-corrected chi connectivity index (χ0v) is 15.1. The van der Waals surface area contributed by atoms with Crippen molar-refractivity contribution in [3.63, 3.8) is 0 Å². The quantitative estimate of drug-likeness (QED) is 0.519. The monoisotopic (exact) mass is 489 g/mol. The van der Waals surface area contributed by atoms with Gasteiger partial charge < -0.3 is 9.72 Å². The largest absolute Gasteiger partial charge is 0.449 e. The molecule has 0 aromatic carbocycles. The molecule has 1 aliphatic rings. The molecule has 0 radical (unpaired) electrons. The molecule has 1 aromatic heterocycles. The summed E-state index contributed by atoms with van der Waals surface area (Å²) in [7, 11) is 0. The molecule has 0 bridgehead atoms. The molecule has 1 aliphatic heterocycles. The van der Waals surface area contributed by atoms with Crippen LogP contribution in [0.25, 0.3) is 0 Å². The van der Waals surface area contributed by atoms with Gasteiger partial charge in [-0.25, -0.2) is 9.78 Å². The standard InChI is InChI=1S/C12H17I2N3O2/c1-2-3-7-19-12(18)17-6-4-5-8(17)11-15-9(13)10(14)16-11/h8H,2-7H2,1H3,(H,15,16). The van der Waals surface area contributed by atoms with E-state index in [0.717, 1.165) is 45.5 Å². The summed E-state index contributed by atoms with van der Waals surface area (Å²) in [6, 6.07) is 0.0335. The smallest absolute Gasteiger partial charge is 0.410 e. The Balaban J connectivity index is 2.02. The lowest BCUT2D eigenvalue weighted by Crippen LogP contribution is -2.31. The van der Waals surface area contributed by atoms with Gasteiger partial charge in [-0.1, -0.05) is 13.3 Å². The van der Waals surface area contributed by atoms with E-state index in [1.807, 2.05) is 0 Å². The first kappa shape index (κ1) is 15.3. The maximum absolute atomic E-state index is 12.1. The topological polar surface area (TPSA) is 58.2 Å². The van der Waals surface area contributed by atoms with Crippen LogP contribution >= 0.6 is 45.2 Å². The number of carbonyl (C=O) groups is 1. The van der Waals surface area contributed by atoms with E-state index in [9.17, 15) is 4.79 Å². The molecule has 1 atom stereocenters. The summed E-state index contributed by atoms with van der Waals surface area (Å²) in [5.41, 5.74) is 0. The van der Waals surface area contributed by atoms with E-state index in [1.54, 1.807) is 4.90 Å². The molecular formula is C12H17I2N3O2. The van der Waals surface area contributed by atoms with Crippen molar-refractivity contribution in [1.82, 2.24) is 14.9 Å². The number of aromatic amines is 1. The number of H-pyrrole nitrogens is 1. The van der Waals surface area contributed by atoms with Crippen LogP contribution in [-0.2, 0) is 4.74 Å². The Morgan fingerprint density at radius 1 is 1.58 bits per heavy atom. The van der Waals surface area contributed by atoms with Gasteiger partial charge in [0.15, 0.2) is 0 Å². The van der Waals surface area contributed by atoms with Gasteiger partial charge in [0, 0.05) is 6.54 Å². The van der Waals surface area contributed by atoms with E-state index in [1.165, 1.54) is 0 Å². The molecule has 1 unspecified atom stereocenters. The first-order chi connectivity index (χ1) is 9.13. The van der Waals surface area contributed by atoms with Gasteiger partial charge in [-0.15, -0.1) is 0 Å². The van der Waals surface area contributed by atoms with Crippen LogP contribution in [0.1, 0.15) is 44.5 Å². The lowest BCUT2D eigenvalue weighted by molar-refractivity contribution is 0.0957. The Hall–Kier alpha value is -0.0600. The minimum absolute atomic E-state index is 0.0335. The van der Waals surface area contributed by atoms with Crippen molar-refractivity contribution in [3.8, 4) is 0 Å². The van der Waals surface area contributed by atoms with E-state index >= 15 is 0 Å². The van der Waals surface area contributed by atoms with E-state index < -0.39 is 0 Å². The molecule has 1 amide bonds. The van der Waals surface area contributed by atoms with Crippen LogP contribution in [0.15, 0.2) is 0 Å². The highest BCUT2D eigenvalue weighted by atomic mass is 127. The van der Waals surface area contributed by atoms with E-state index in [4.69, 9.17) is 4.74 Å². The molecule has 0 spiro atoms. The fourth-order valence-electron chi connectivity index (χ4n) is 2.16. The van der Waals surface area contributed by atoms with Crippen LogP contribution in [0.3, 0.4) is 0 Å². The number of imidazole rings is 1. The van der Waals surface area contributed by atoms with Crippen LogP contribution in [0.4, 0.5) is 4.79 Å². The van der Waals surface area contributed by atoms with Crippen LogP contribution in [-0.4, -0.2) is 34.1 Å². The third kappa shape index (κ3) is 3.73. The molecule has 2 rings (SSSR count). The Bertz CT molecular complexity index is 431. The number of likely N-dealkylation sites (tertiary alicyclic amines) is 1. The third-order valence-corrected chi connectivity index (χ3v) is 5.76. The number of hydrogen-bond donors (Lipinski definition) is 1. The molecule has 106 valence electrons. The van der Waals surface area contributed by atoms with Crippen molar-refractivity contribution >= 4 is 51.3 Å². The second-order valence-electron chi connectivity index (χ2n) is 4.55. The molecule has 1 aromatic rings. The summed E-state index contributed by atoms with van der Waals surface area (Å²) < 4.78 is 7.28. The Morgan fingerprint density at radius 2 is 2.37 bits per heavy atom. The van der Waals surface area contributed by atoms with Crippen LogP contribution in [0.5, 0.6) is 0 Å². The van der Waals surface area contributed by atoms with Crippen molar-refractivity contribution < 1.29 is 9.53 Å². The number of nitrogens with one attached hydrogen (secondary N) is 1. The minimum atomic E-state index is -0.211. The zero-order chi connectivity index (χ0) is 13.8. The lowest BCUT2D eigenvalue weighted by Gasteiger charge is -2.22. The lowest BCUT2D eigenvalue weighted by atomic mass is 10.2. The van der Waals surface area contributed by atoms with Crippen molar-refractivity contribution in [3.05, 3.63) is 13.2 Å². The number of amides is 1. The normalized spacial score (nSPS) is 18.9. The molecule has 5 nitrogen and oxygen atoms in total. The second-order valence-corrected chi connectivity index (χ2v) is 6.65. The maximum Gasteiger partial charge on any atom is 0.410 e. The predicted octanol–water partition coefficient (Wildman–Crippen LogP) is 3.69. The highest BCUT2D eigenvalue weighted by Crippen LogP contribution is 2.31. The van der Waals surface area contributed by atoms with Gasteiger partial charge in [0.2, 0.25) is 0 Å². The number of unbranched alkanes of at least 4 members (excludes halogenated alkanes) is 1. The van der Waals surface area contributed by atoms with E-state index in [-0.39, 0.29) is 12.1 Å². The zero-order valence-electron chi connectivity index (χ0n) is 10.8. The van der Waals surface area contributed by atoms with E-state index in [2.05, 4.69) is 62.1 Å². The van der Waals surface area contributed by atoms with Gasteiger partial charge in [0.1, 0.15) is 13.2 Å². The minimum Gasteiger partial charge on any atom is -0.449 e. The van der Waals surface area contributed by atoms with Crippen molar-refractivity contribution in [2.24, 2.45) is 0 Å². The summed E-state index contributed by atoms with van der Waals surface area (Å²) in [6.45, 7) is 3.34. The number of halogens is 2. The molecule has 0 saturated carbocycles. The number of hydrogen-bond acceptors (Lipinski definition) is 3. The van der Waals surface area contributed by atoms with Crippen LogP contribution < -0.4 is 0 Å². The summed E-state index contributed by atoms with van der Waals surface area (Å²) >= 11 is 4.42. The van der Waals surface area contributed by atoms with Gasteiger partial charge in [0.05, 0.1) is 12.6 Å². The van der Waals surface area contributed by atoms with Gasteiger partial charge in [-0.2, -0.15) is 0 Å². The Labute approximate surface area is 140 Å². The molecular weight excluding hydrogens is 472 g/mol. The maximum atomic E-state index is 12.1. The fraction of sp³-hybridized carbons (Fsp3) is 0.667. The highest BCUT2D eigenvalue weighted by Gasteiger charge is 2.33. The number of nitrogens with zero attached hydrogens (tertiary/aromatic N) is 2. The molecule has 7 heteroatoms. The summed E-state index contributed by atoms with van der Waals surface area (Å²) in [5.74, 6) is 0.874. The average Bonchev–Trinajstić information content (AvgIpc) is 2.97. The van der Waals surface area contributed by atoms with Gasteiger partial charge in [-0.05, 0) is 64.4 Å². The van der Waals surface area contributed by atoms with Crippen molar-refractivity contribution in [2.45, 2.75) is 38.6 Å². The van der Waals surface area contributed by atoms with E-state index in [0.29, 0.717) is 6.61 Å². The molecule has 2 heterocycles. The highest BCUT2D eigenvalue weighted by molar-refractivity contribution is 14.1. The first-order valence-corrected chi connectivity index (χ1v) is 8.63. The molecule has 1 saturated heterocycles. The molecule has 1 N–H and O–H groups in total. The Kier molecular flexibility index (Phi) is 5.72. The summed E-state index contributed by atoms with van der Waals surface area (Å²) in [5, 5.41) is 0. The SMILES string of the molecule is CCCCOC(=O)N1CCCC1c1nc(I)c(I)[nH]1. The molecule has 0 aliphatic carbocycles. The number of carbonyl (C=O) groups excluding carboxylic acids is 1. The van der Waals surface area contributed by atoms with Gasteiger partial charge >= 0.3 is 6.09 Å². The summed E-state index contributed by atoms with van der Waals surface area (Å²) in [4.78, 5) is 21.6. The Morgan fingerprint density at radius 3 is 3.00 bits per heavy atom. The second kappa shape index (κ2) is 7.09. The van der Waals surface area contributed by atoms with Gasteiger partial charge in [-0.3, -0.25) is 4.90 Å². The van der Waals surface area contributed by atoms with Crippen LogP contribution in [0.2, 0.25) is 0 Å². The predicted molar refractivity (Wildman–Crippen MR) is 89.0 cm³/mol. The molecule has 1 fully saturated rings. The van der Waals surface area contributed by atoms with Crippen molar-refractivity contribution in [1.29, 1.82) is 0 Å². The fourth-order valence-corrected chi connectivity index (χ4v) is 2.95. The number of rotatable bonds is 4. The van der Waals surface area contributed by atoms with Crippen molar-refractivity contribution in [2.75, 3.05) is 13.2 Å². The first-order valence-electron chi connectivity index (χ1n) is 6.47. The third-order valence-electron chi connectivity index (χ3n) is 3.16. The number of ether oxygens (including phenoxy) is 1. The summed E-state index contributed by atoms with van der Waals surface area (Å²) in [6.07, 6.45) is 3.69. The number of aromatic nitrogens is 2. The molecule has 19 heavy (non-hydrogen) atoms. The average molecular weight is 489 g/mol. The van der Waals surface area contributed by atoms with Crippen LogP contribution in [0, 0.1) is 7.40 Å². The van der Waals surface area contributed by atoms with Gasteiger partial charge in [0.25, 0.3) is 0 Å².